The van der Waals surface area contributed by atoms with Crippen LogP contribution < -0.4 is 10.1 Å². The van der Waals surface area contributed by atoms with Crippen LogP contribution in [0.3, 0.4) is 0 Å². The minimum Gasteiger partial charge on any atom is -0.497 e. The van der Waals surface area contributed by atoms with Crippen LogP contribution in [0, 0.1) is 6.92 Å². The average molecular weight is 299 g/mol. The number of methoxy groups -OCH3 is 1. The van der Waals surface area contributed by atoms with Crippen molar-refractivity contribution in [1.82, 2.24) is 15.1 Å². The molecule has 2 rings (SSSR count). The number of aromatic nitrogens is 2. The second-order valence-electron chi connectivity index (χ2n) is 5.18. The van der Waals surface area contributed by atoms with Crippen molar-refractivity contribution in [3.63, 3.8) is 0 Å². The number of rotatable bonds is 5. The summed E-state index contributed by atoms with van der Waals surface area (Å²) in [5, 5.41) is 7.22. The van der Waals surface area contributed by atoms with E-state index in [9.17, 15) is 4.79 Å². The first-order valence-electron chi connectivity index (χ1n) is 7.12. The predicted molar refractivity (Wildman–Crippen MR) is 86.5 cm³/mol. The molecule has 1 heterocycles. The third-order valence-electron chi connectivity index (χ3n) is 3.42. The van der Waals surface area contributed by atoms with Crippen molar-refractivity contribution in [2.75, 3.05) is 7.11 Å². The topological polar surface area (TPSA) is 56.1 Å². The highest BCUT2D eigenvalue weighted by Gasteiger charge is 2.12. The molecule has 0 aliphatic rings. The Kier molecular flexibility index (Phi) is 4.99. The van der Waals surface area contributed by atoms with Gasteiger partial charge in [-0.05, 0) is 37.6 Å². The number of hydrogen-bond acceptors (Lipinski definition) is 3. The molecule has 5 heteroatoms. The molecule has 0 aliphatic heterocycles. The summed E-state index contributed by atoms with van der Waals surface area (Å²) in [4.78, 5) is 12.0. The monoisotopic (exact) mass is 299 g/mol. The molecule has 1 aromatic heterocycles. The number of hydrogen-bond donors (Lipinski definition) is 1. The van der Waals surface area contributed by atoms with Gasteiger partial charge < -0.3 is 10.1 Å². The average Bonchev–Trinajstić information content (AvgIpc) is 2.84. The molecule has 0 bridgehead atoms. The van der Waals surface area contributed by atoms with Crippen LogP contribution in [0.25, 0.3) is 6.08 Å². The Morgan fingerprint density at radius 1 is 1.36 bits per heavy atom. The van der Waals surface area contributed by atoms with Gasteiger partial charge in [0, 0.05) is 24.9 Å². The molecule has 1 atom stereocenters. The second kappa shape index (κ2) is 6.93. The molecule has 0 radical (unpaired) electrons. The standard InChI is InChI=1S/C17H21N3O2/c1-12(16-11-20(3)19-13(16)2)18-17(21)10-7-14-5-8-15(22-4)9-6-14/h5-12H,1-4H3,(H,18,21)/b10-7+. The van der Waals surface area contributed by atoms with Crippen LogP contribution in [0.5, 0.6) is 5.75 Å². The van der Waals surface area contributed by atoms with Crippen LogP contribution in [0.4, 0.5) is 0 Å². The number of carbonyl (C=O) groups excluding carboxylic acids is 1. The van der Waals surface area contributed by atoms with Gasteiger partial charge in [-0.25, -0.2) is 0 Å². The van der Waals surface area contributed by atoms with Crippen molar-refractivity contribution < 1.29 is 9.53 Å². The van der Waals surface area contributed by atoms with E-state index in [-0.39, 0.29) is 11.9 Å². The number of amides is 1. The minimum absolute atomic E-state index is 0.0817. The summed E-state index contributed by atoms with van der Waals surface area (Å²) in [5.74, 6) is 0.661. The molecule has 0 aliphatic carbocycles. The highest BCUT2D eigenvalue weighted by molar-refractivity contribution is 5.92. The van der Waals surface area contributed by atoms with E-state index in [1.807, 2.05) is 51.4 Å². The summed E-state index contributed by atoms with van der Waals surface area (Å²) in [6.45, 7) is 3.88. The molecular formula is C17H21N3O2. The summed E-state index contributed by atoms with van der Waals surface area (Å²) in [6.07, 6.45) is 5.23. The van der Waals surface area contributed by atoms with E-state index >= 15 is 0 Å². The van der Waals surface area contributed by atoms with Gasteiger partial charge in [0.15, 0.2) is 0 Å². The summed E-state index contributed by atoms with van der Waals surface area (Å²) in [7, 11) is 3.49. The minimum atomic E-state index is -0.133. The number of benzene rings is 1. The van der Waals surface area contributed by atoms with Crippen LogP contribution in [0.15, 0.2) is 36.5 Å². The largest absolute Gasteiger partial charge is 0.497 e. The molecule has 0 fully saturated rings. The van der Waals surface area contributed by atoms with Crippen molar-refractivity contribution in [2.24, 2.45) is 7.05 Å². The van der Waals surface area contributed by atoms with Crippen molar-refractivity contribution >= 4 is 12.0 Å². The van der Waals surface area contributed by atoms with Gasteiger partial charge in [0.25, 0.3) is 0 Å². The van der Waals surface area contributed by atoms with Gasteiger partial charge in [-0.15, -0.1) is 0 Å². The smallest absolute Gasteiger partial charge is 0.244 e. The molecular weight excluding hydrogens is 278 g/mol. The first-order chi connectivity index (χ1) is 10.5. The summed E-state index contributed by atoms with van der Waals surface area (Å²) < 4.78 is 6.85. The summed E-state index contributed by atoms with van der Waals surface area (Å²) in [5.41, 5.74) is 2.89. The molecule has 1 aromatic carbocycles. The molecule has 1 unspecified atom stereocenters. The number of ether oxygens (including phenoxy) is 1. The Labute approximate surface area is 130 Å². The van der Waals surface area contributed by atoms with E-state index in [1.54, 1.807) is 17.9 Å². The van der Waals surface area contributed by atoms with E-state index in [2.05, 4.69) is 10.4 Å². The molecule has 0 saturated carbocycles. The third-order valence-corrected chi connectivity index (χ3v) is 3.42. The Morgan fingerprint density at radius 2 is 2.05 bits per heavy atom. The zero-order valence-corrected chi connectivity index (χ0v) is 13.3. The fraction of sp³-hybridized carbons (Fsp3) is 0.294. The lowest BCUT2D eigenvalue weighted by Crippen LogP contribution is -2.24. The molecule has 0 saturated heterocycles. The van der Waals surface area contributed by atoms with E-state index in [1.165, 1.54) is 6.08 Å². The van der Waals surface area contributed by atoms with Gasteiger partial charge in [-0.1, -0.05) is 12.1 Å². The number of aryl methyl sites for hydroxylation is 2. The van der Waals surface area contributed by atoms with E-state index in [0.717, 1.165) is 22.6 Å². The van der Waals surface area contributed by atoms with Crippen LogP contribution in [-0.4, -0.2) is 22.8 Å². The second-order valence-corrected chi connectivity index (χ2v) is 5.18. The van der Waals surface area contributed by atoms with E-state index < -0.39 is 0 Å². The number of carbonyl (C=O) groups is 1. The van der Waals surface area contributed by atoms with Crippen LogP contribution >= 0.6 is 0 Å². The van der Waals surface area contributed by atoms with Gasteiger partial charge >= 0.3 is 0 Å². The highest BCUT2D eigenvalue weighted by atomic mass is 16.5. The maximum atomic E-state index is 12.0. The molecule has 2 aromatic rings. The van der Waals surface area contributed by atoms with Crippen LogP contribution in [-0.2, 0) is 11.8 Å². The Hall–Kier alpha value is -2.56. The Balaban J connectivity index is 1.96. The maximum absolute atomic E-state index is 12.0. The quantitative estimate of drug-likeness (QED) is 0.864. The lowest BCUT2D eigenvalue weighted by Gasteiger charge is -2.11. The van der Waals surface area contributed by atoms with Crippen molar-refractivity contribution in [2.45, 2.75) is 19.9 Å². The maximum Gasteiger partial charge on any atom is 0.244 e. The first-order valence-corrected chi connectivity index (χ1v) is 7.12. The highest BCUT2D eigenvalue weighted by Crippen LogP contribution is 2.16. The fourth-order valence-electron chi connectivity index (χ4n) is 2.27. The summed E-state index contributed by atoms with van der Waals surface area (Å²) in [6, 6.07) is 7.44. The fourth-order valence-corrected chi connectivity index (χ4v) is 2.27. The van der Waals surface area contributed by atoms with Gasteiger partial charge in [0.05, 0.1) is 18.8 Å². The van der Waals surface area contributed by atoms with Crippen LogP contribution in [0.2, 0.25) is 0 Å². The molecule has 1 N–H and O–H groups in total. The molecule has 116 valence electrons. The lowest BCUT2D eigenvalue weighted by molar-refractivity contribution is -0.117. The van der Waals surface area contributed by atoms with Crippen molar-refractivity contribution in [3.8, 4) is 5.75 Å². The SMILES string of the molecule is COc1ccc(/C=C/C(=O)NC(C)c2cn(C)nc2C)cc1. The predicted octanol–water partition coefficient (Wildman–Crippen LogP) is 2.63. The van der Waals surface area contributed by atoms with Crippen LogP contribution in [0.1, 0.15) is 29.8 Å². The number of nitrogens with zero attached hydrogens (tertiary/aromatic N) is 2. The number of nitrogens with one attached hydrogen (secondary N) is 1. The molecule has 0 spiro atoms. The zero-order chi connectivity index (χ0) is 16.1. The van der Waals surface area contributed by atoms with Crippen molar-refractivity contribution in [1.29, 1.82) is 0 Å². The molecule has 1 amide bonds. The zero-order valence-electron chi connectivity index (χ0n) is 13.3. The van der Waals surface area contributed by atoms with Gasteiger partial charge in [0.2, 0.25) is 5.91 Å². The van der Waals surface area contributed by atoms with Crippen molar-refractivity contribution in [3.05, 3.63) is 53.4 Å². The Bertz CT molecular complexity index is 672. The molecule has 22 heavy (non-hydrogen) atoms. The van der Waals surface area contributed by atoms with Gasteiger partial charge in [0.1, 0.15) is 5.75 Å². The Morgan fingerprint density at radius 3 is 2.59 bits per heavy atom. The van der Waals surface area contributed by atoms with Gasteiger partial charge in [-0.2, -0.15) is 5.10 Å². The van der Waals surface area contributed by atoms with E-state index in [4.69, 9.17) is 4.74 Å². The normalized spacial score (nSPS) is 12.4. The third kappa shape index (κ3) is 3.97. The first kappa shape index (κ1) is 15.8. The lowest BCUT2D eigenvalue weighted by atomic mass is 10.1. The summed E-state index contributed by atoms with van der Waals surface area (Å²) >= 11 is 0. The van der Waals surface area contributed by atoms with Gasteiger partial charge in [-0.3, -0.25) is 9.48 Å². The molecule has 5 nitrogen and oxygen atoms in total. The van der Waals surface area contributed by atoms with E-state index in [0.29, 0.717) is 0 Å².